The fourth-order valence-electron chi connectivity index (χ4n) is 5.17. The first kappa shape index (κ1) is 27.5. The molecule has 0 aliphatic carbocycles. The van der Waals surface area contributed by atoms with Crippen molar-refractivity contribution < 1.29 is 14.4 Å². The van der Waals surface area contributed by atoms with Gasteiger partial charge in [0.1, 0.15) is 11.6 Å². The van der Waals surface area contributed by atoms with Gasteiger partial charge in [0.2, 0.25) is 17.7 Å². The average Bonchev–Trinajstić information content (AvgIpc) is 2.86. The first-order chi connectivity index (χ1) is 17.0. The molecule has 0 bridgehead atoms. The highest BCUT2D eigenvalue weighted by molar-refractivity contribution is 7.99. The van der Waals surface area contributed by atoms with Crippen LogP contribution in [-0.2, 0) is 20.8 Å². The molecule has 35 heavy (non-hydrogen) atoms. The van der Waals surface area contributed by atoms with Crippen molar-refractivity contribution in [3.63, 3.8) is 0 Å². The van der Waals surface area contributed by atoms with Gasteiger partial charge in [-0.3, -0.25) is 14.4 Å². The van der Waals surface area contributed by atoms with Crippen LogP contribution in [0.4, 0.5) is 0 Å². The third kappa shape index (κ3) is 7.71. The second-order valence-corrected chi connectivity index (χ2v) is 10.8. The predicted octanol–water partition coefficient (Wildman–Crippen LogP) is 3.19. The maximum atomic E-state index is 13.3. The normalized spacial score (nSPS) is 20.2. The third-order valence-electron chi connectivity index (χ3n) is 7.18. The first-order valence-corrected chi connectivity index (χ1v) is 14.3. The maximum Gasteiger partial charge on any atom is 0.246 e. The number of hydrogen-bond acceptors (Lipinski definition) is 5. The monoisotopic (exact) mass is 502 g/mol. The summed E-state index contributed by atoms with van der Waals surface area (Å²) in [7, 11) is 0. The summed E-state index contributed by atoms with van der Waals surface area (Å²) in [5, 5.41) is 5.74. The van der Waals surface area contributed by atoms with Crippen LogP contribution in [0.1, 0.15) is 64.4 Å². The Bertz CT molecular complexity index is 827. The minimum absolute atomic E-state index is 0.00348. The molecule has 1 aromatic rings. The van der Waals surface area contributed by atoms with Gasteiger partial charge in [-0.05, 0) is 50.6 Å². The molecule has 1 atom stereocenters. The fraction of sp³-hybridized carbons (Fsp3) is 0.667. The van der Waals surface area contributed by atoms with Crippen LogP contribution in [0.25, 0.3) is 0 Å². The SMILES string of the molecule is CCCN1C(=O)[C@H](CSCNC(C)=O)NC(=O)C12CCN(CCCCCCc1ccccc1)CC2. The molecule has 2 saturated heterocycles. The van der Waals surface area contributed by atoms with E-state index >= 15 is 0 Å². The first-order valence-electron chi connectivity index (χ1n) is 13.2. The van der Waals surface area contributed by atoms with E-state index in [0.717, 1.165) is 32.5 Å². The van der Waals surface area contributed by atoms with Crippen LogP contribution in [0.2, 0.25) is 0 Å². The van der Waals surface area contributed by atoms with E-state index in [1.807, 2.05) is 4.90 Å². The largest absolute Gasteiger partial charge is 0.347 e. The molecule has 0 saturated carbocycles. The highest BCUT2D eigenvalue weighted by Gasteiger charge is 2.53. The molecular weight excluding hydrogens is 460 g/mol. The molecule has 2 heterocycles. The lowest BCUT2D eigenvalue weighted by molar-refractivity contribution is -0.160. The van der Waals surface area contributed by atoms with Crippen molar-refractivity contribution in [2.45, 2.75) is 76.8 Å². The Labute approximate surface area is 214 Å². The number of carbonyl (C=O) groups is 3. The molecular formula is C27H42N4O3S. The number of amides is 3. The van der Waals surface area contributed by atoms with Crippen molar-refractivity contribution in [1.82, 2.24) is 20.4 Å². The number of likely N-dealkylation sites (tertiary alicyclic amines) is 1. The Morgan fingerprint density at radius 3 is 2.49 bits per heavy atom. The van der Waals surface area contributed by atoms with E-state index < -0.39 is 11.6 Å². The number of piperazine rings is 1. The molecule has 0 unspecified atom stereocenters. The van der Waals surface area contributed by atoms with E-state index in [9.17, 15) is 14.4 Å². The van der Waals surface area contributed by atoms with E-state index in [2.05, 4.69) is 52.8 Å². The van der Waals surface area contributed by atoms with Gasteiger partial charge in [0, 0.05) is 32.3 Å². The lowest BCUT2D eigenvalue weighted by Gasteiger charge is -2.51. The number of hydrogen-bond donors (Lipinski definition) is 2. The molecule has 8 heteroatoms. The van der Waals surface area contributed by atoms with Crippen LogP contribution in [0.5, 0.6) is 0 Å². The van der Waals surface area contributed by atoms with E-state index in [0.29, 0.717) is 31.0 Å². The van der Waals surface area contributed by atoms with E-state index in [4.69, 9.17) is 0 Å². The number of aryl methyl sites for hydroxylation is 1. The van der Waals surface area contributed by atoms with Gasteiger partial charge in [-0.25, -0.2) is 0 Å². The fourth-order valence-corrected chi connectivity index (χ4v) is 6.06. The number of rotatable bonds is 13. The minimum Gasteiger partial charge on any atom is -0.347 e. The van der Waals surface area contributed by atoms with Gasteiger partial charge >= 0.3 is 0 Å². The number of benzene rings is 1. The van der Waals surface area contributed by atoms with E-state index in [1.54, 1.807) is 0 Å². The zero-order valence-corrected chi connectivity index (χ0v) is 22.2. The Hall–Kier alpha value is -2.06. The maximum absolute atomic E-state index is 13.3. The van der Waals surface area contributed by atoms with E-state index in [1.165, 1.54) is 49.9 Å². The van der Waals surface area contributed by atoms with Gasteiger partial charge in [-0.2, -0.15) is 0 Å². The molecule has 0 radical (unpaired) electrons. The summed E-state index contributed by atoms with van der Waals surface area (Å²) < 4.78 is 0. The Kier molecular flexibility index (Phi) is 10.9. The van der Waals surface area contributed by atoms with Crippen LogP contribution in [0.3, 0.4) is 0 Å². The molecule has 2 aliphatic heterocycles. The standard InChI is InChI=1S/C27H42N4O3S/c1-3-16-31-25(33)24(20-35-21-28-22(2)32)29-26(34)27(31)14-18-30(19-15-27)17-10-5-4-7-11-23-12-8-6-9-13-23/h6,8-9,12-13,24H,3-5,7,10-11,14-21H2,1-2H3,(H,28,32)(H,29,34)/t24-/m0/s1. The van der Waals surface area contributed by atoms with Crippen LogP contribution in [0, 0.1) is 0 Å². The lowest BCUT2D eigenvalue weighted by atomic mass is 9.81. The summed E-state index contributed by atoms with van der Waals surface area (Å²) in [5.41, 5.74) is 0.706. The quantitative estimate of drug-likeness (QED) is 0.320. The van der Waals surface area contributed by atoms with Crippen molar-refractivity contribution in [2.75, 3.05) is 37.8 Å². The van der Waals surface area contributed by atoms with Gasteiger partial charge in [0.05, 0.1) is 5.88 Å². The number of thioether (sulfide) groups is 1. The molecule has 3 amide bonds. The number of unbranched alkanes of at least 4 members (excludes halogenated alkanes) is 3. The van der Waals surface area contributed by atoms with E-state index in [-0.39, 0.29) is 17.7 Å². The smallest absolute Gasteiger partial charge is 0.246 e. The van der Waals surface area contributed by atoms with Gasteiger partial charge in [-0.1, -0.05) is 50.1 Å². The molecule has 2 aliphatic rings. The molecule has 1 spiro atoms. The summed E-state index contributed by atoms with van der Waals surface area (Å²) in [4.78, 5) is 42.0. The molecule has 7 nitrogen and oxygen atoms in total. The Morgan fingerprint density at radius 1 is 1.09 bits per heavy atom. The summed E-state index contributed by atoms with van der Waals surface area (Å²) in [6.07, 6.45) is 8.26. The Morgan fingerprint density at radius 2 is 1.80 bits per heavy atom. The minimum atomic E-state index is -0.710. The average molecular weight is 503 g/mol. The molecule has 194 valence electrons. The Balaban J connectivity index is 1.43. The number of piperidine rings is 1. The summed E-state index contributed by atoms with van der Waals surface area (Å²) in [6, 6.07) is 10.2. The van der Waals surface area contributed by atoms with Gasteiger partial charge in [0.15, 0.2) is 0 Å². The number of carbonyl (C=O) groups excluding carboxylic acids is 3. The predicted molar refractivity (Wildman–Crippen MR) is 142 cm³/mol. The highest BCUT2D eigenvalue weighted by atomic mass is 32.2. The van der Waals surface area contributed by atoms with Crippen LogP contribution in [-0.4, -0.2) is 76.9 Å². The van der Waals surface area contributed by atoms with Gasteiger partial charge in [0.25, 0.3) is 0 Å². The van der Waals surface area contributed by atoms with Crippen molar-refractivity contribution in [3.05, 3.63) is 35.9 Å². The van der Waals surface area contributed by atoms with Crippen molar-refractivity contribution in [1.29, 1.82) is 0 Å². The molecule has 3 rings (SSSR count). The molecule has 2 N–H and O–H groups in total. The van der Waals surface area contributed by atoms with Crippen molar-refractivity contribution in [3.8, 4) is 0 Å². The second-order valence-electron chi connectivity index (χ2n) is 9.79. The third-order valence-corrected chi connectivity index (χ3v) is 8.10. The zero-order valence-electron chi connectivity index (χ0n) is 21.4. The van der Waals surface area contributed by atoms with Crippen molar-refractivity contribution >= 4 is 29.5 Å². The molecule has 2 fully saturated rings. The van der Waals surface area contributed by atoms with Crippen LogP contribution < -0.4 is 10.6 Å². The summed E-state index contributed by atoms with van der Waals surface area (Å²) in [5.74, 6) is 0.832. The van der Waals surface area contributed by atoms with Gasteiger partial charge in [-0.15, -0.1) is 11.8 Å². The zero-order chi connectivity index (χ0) is 25.1. The molecule has 1 aromatic carbocycles. The molecule has 0 aromatic heterocycles. The number of nitrogens with one attached hydrogen (secondary N) is 2. The summed E-state index contributed by atoms with van der Waals surface area (Å²) >= 11 is 1.46. The number of nitrogens with zero attached hydrogens (tertiary/aromatic N) is 2. The summed E-state index contributed by atoms with van der Waals surface area (Å²) in [6.45, 7) is 6.91. The topological polar surface area (TPSA) is 81.8 Å². The van der Waals surface area contributed by atoms with Crippen LogP contribution >= 0.6 is 11.8 Å². The van der Waals surface area contributed by atoms with Crippen LogP contribution in [0.15, 0.2) is 30.3 Å². The van der Waals surface area contributed by atoms with Gasteiger partial charge < -0.3 is 20.4 Å². The lowest BCUT2D eigenvalue weighted by Crippen LogP contribution is -2.73. The van der Waals surface area contributed by atoms with Crippen molar-refractivity contribution in [2.24, 2.45) is 0 Å². The second kappa shape index (κ2) is 13.9. The highest BCUT2D eigenvalue weighted by Crippen LogP contribution is 2.33.